The monoisotopic (exact) mass is 424 g/mol. The number of benzene rings is 2. The molecule has 0 atom stereocenters. The molecule has 1 N–H and O–H groups in total. The van der Waals surface area contributed by atoms with Crippen LogP contribution in [0.25, 0.3) is 11.3 Å². The van der Waals surface area contributed by atoms with Gasteiger partial charge in [-0.2, -0.15) is 5.10 Å². The molecule has 1 amide bonds. The Kier molecular flexibility index (Phi) is 6.26. The van der Waals surface area contributed by atoms with Crippen LogP contribution < -0.4 is 5.32 Å². The van der Waals surface area contributed by atoms with Crippen molar-refractivity contribution in [2.75, 3.05) is 19.6 Å². The van der Waals surface area contributed by atoms with Crippen LogP contribution in [0.3, 0.4) is 0 Å². The molecule has 0 fully saturated rings. The van der Waals surface area contributed by atoms with Crippen LogP contribution in [0, 0.1) is 5.82 Å². The second-order valence-corrected chi connectivity index (χ2v) is 7.64. The van der Waals surface area contributed by atoms with E-state index in [9.17, 15) is 9.18 Å². The fraction of sp³-hybridized carbons (Fsp3) is 0.217. The summed E-state index contributed by atoms with van der Waals surface area (Å²) in [4.78, 5) is 14.4. The highest BCUT2D eigenvalue weighted by atomic mass is 35.5. The Morgan fingerprint density at radius 2 is 1.97 bits per heavy atom. The fourth-order valence-electron chi connectivity index (χ4n) is 3.44. The lowest BCUT2D eigenvalue weighted by Gasteiger charge is -2.25. The van der Waals surface area contributed by atoms with Gasteiger partial charge in [-0.1, -0.05) is 35.9 Å². The van der Waals surface area contributed by atoms with E-state index in [-0.39, 0.29) is 11.7 Å². The molecular formula is C23H22ClFN4O. The summed E-state index contributed by atoms with van der Waals surface area (Å²) >= 11 is 6.13. The van der Waals surface area contributed by atoms with Crippen molar-refractivity contribution in [2.24, 2.45) is 0 Å². The van der Waals surface area contributed by atoms with E-state index in [1.165, 1.54) is 17.7 Å². The van der Waals surface area contributed by atoms with Crippen LogP contribution in [0.1, 0.15) is 17.5 Å². The van der Waals surface area contributed by atoms with Crippen LogP contribution in [0.2, 0.25) is 5.02 Å². The molecule has 4 rings (SSSR count). The lowest BCUT2D eigenvalue weighted by molar-refractivity contribution is -0.122. The number of nitrogens with zero attached hydrogens (tertiary/aromatic N) is 3. The Balaban J connectivity index is 1.30. The zero-order chi connectivity index (χ0) is 20.9. The molecule has 0 radical (unpaired) electrons. The molecular weight excluding hydrogens is 403 g/mol. The number of amides is 1. The van der Waals surface area contributed by atoms with Crippen molar-refractivity contribution in [3.05, 3.63) is 89.0 Å². The van der Waals surface area contributed by atoms with E-state index in [4.69, 9.17) is 11.6 Å². The van der Waals surface area contributed by atoms with E-state index < -0.39 is 0 Å². The van der Waals surface area contributed by atoms with Crippen LogP contribution in [0.15, 0.2) is 67.0 Å². The SMILES string of the molecule is O=C(CN1CC=C(c2cnn(-c3ccc(F)cc3)c2)CC1)NCc1ccccc1Cl. The minimum Gasteiger partial charge on any atom is -0.351 e. The summed E-state index contributed by atoms with van der Waals surface area (Å²) in [5.74, 6) is -0.284. The maximum absolute atomic E-state index is 13.1. The molecule has 0 spiro atoms. The summed E-state index contributed by atoms with van der Waals surface area (Å²) in [6.45, 7) is 2.28. The second kappa shape index (κ2) is 9.24. The molecule has 0 saturated carbocycles. The lowest BCUT2D eigenvalue weighted by Crippen LogP contribution is -2.39. The Labute approximate surface area is 179 Å². The van der Waals surface area contributed by atoms with Gasteiger partial charge >= 0.3 is 0 Å². The van der Waals surface area contributed by atoms with Gasteiger partial charge in [-0.25, -0.2) is 9.07 Å². The van der Waals surface area contributed by atoms with E-state index in [1.54, 1.807) is 16.8 Å². The maximum Gasteiger partial charge on any atom is 0.234 e. The van der Waals surface area contributed by atoms with Gasteiger partial charge in [0.15, 0.2) is 0 Å². The largest absolute Gasteiger partial charge is 0.351 e. The number of halogens is 2. The molecule has 7 heteroatoms. The zero-order valence-electron chi connectivity index (χ0n) is 16.4. The van der Waals surface area contributed by atoms with Crippen LogP contribution in [0.4, 0.5) is 4.39 Å². The molecule has 3 aromatic rings. The van der Waals surface area contributed by atoms with Crippen LogP contribution in [-0.2, 0) is 11.3 Å². The summed E-state index contributed by atoms with van der Waals surface area (Å²) in [5.41, 5.74) is 3.97. The summed E-state index contributed by atoms with van der Waals surface area (Å²) in [6.07, 6.45) is 6.75. The molecule has 0 aliphatic carbocycles. The Morgan fingerprint density at radius 1 is 1.17 bits per heavy atom. The third kappa shape index (κ3) is 4.96. The predicted octanol–water partition coefficient (Wildman–Crippen LogP) is 4.07. The first kappa shape index (κ1) is 20.3. The first-order valence-corrected chi connectivity index (χ1v) is 10.2. The van der Waals surface area contributed by atoms with Crippen molar-refractivity contribution in [1.82, 2.24) is 20.0 Å². The predicted molar refractivity (Wildman–Crippen MR) is 116 cm³/mol. The molecule has 0 bridgehead atoms. The second-order valence-electron chi connectivity index (χ2n) is 7.23. The number of carbonyl (C=O) groups is 1. The lowest BCUT2D eigenvalue weighted by atomic mass is 10.0. The van der Waals surface area contributed by atoms with Gasteiger partial charge in [-0.15, -0.1) is 0 Å². The minimum absolute atomic E-state index is 0.0177. The van der Waals surface area contributed by atoms with E-state index >= 15 is 0 Å². The van der Waals surface area contributed by atoms with Gasteiger partial charge in [0.25, 0.3) is 0 Å². The molecule has 30 heavy (non-hydrogen) atoms. The van der Waals surface area contributed by atoms with E-state index in [0.717, 1.165) is 29.8 Å². The summed E-state index contributed by atoms with van der Waals surface area (Å²) in [6, 6.07) is 13.7. The molecule has 5 nitrogen and oxygen atoms in total. The maximum atomic E-state index is 13.1. The number of nitrogens with one attached hydrogen (secondary N) is 1. The van der Waals surface area contributed by atoms with Gasteiger partial charge in [0.2, 0.25) is 5.91 Å². The molecule has 0 saturated heterocycles. The van der Waals surface area contributed by atoms with Gasteiger partial charge in [-0.05, 0) is 47.9 Å². The fourth-order valence-corrected chi connectivity index (χ4v) is 3.64. The molecule has 154 valence electrons. The normalized spacial score (nSPS) is 14.4. The summed E-state index contributed by atoms with van der Waals surface area (Å²) < 4.78 is 14.8. The first-order valence-electron chi connectivity index (χ1n) is 9.81. The van der Waals surface area contributed by atoms with Gasteiger partial charge in [0.1, 0.15) is 5.82 Å². The van der Waals surface area contributed by atoms with Crippen molar-refractivity contribution in [3.8, 4) is 5.69 Å². The topological polar surface area (TPSA) is 50.2 Å². The molecule has 0 unspecified atom stereocenters. The van der Waals surface area contributed by atoms with E-state index in [1.807, 2.05) is 36.7 Å². The van der Waals surface area contributed by atoms with Crippen molar-refractivity contribution >= 4 is 23.1 Å². The standard InChI is InChI=1S/C23H22ClFN4O/c24-22-4-2-1-3-18(22)13-26-23(30)16-28-11-9-17(10-12-28)19-14-27-29(15-19)21-7-5-20(25)6-8-21/h1-9,14-15H,10-13,16H2,(H,26,30). The third-order valence-corrected chi connectivity index (χ3v) is 5.51. The van der Waals surface area contributed by atoms with Crippen LogP contribution in [-0.4, -0.2) is 40.2 Å². The van der Waals surface area contributed by atoms with Gasteiger partial charge in [0.05, 0.1) is 18.4 Å². The number of hydrogen-bond donors (Lipinski definition) is 1. The Bertz CT molecular complexity index is 1060. The first-order chi connectivity index (χ1) is 14.6. The zero-order valence-corrected chi connectivity index (χ0v) is 17.1. The minimum atomic E-state index is -0.267. The Hall–Kier alpha value is -2.96. The van der Waals surface area contributed by atoms with Crippen LogP contribution in [0.5, 0.6) is 0 Å². The highest BCUT2D eigenvalue weighted by molar-refractivity contribution is 6.31. The highest BCUT2D eigenvalue weighted by Crippen LogP contribution is 2.23. The summed E-state index contributed by atoms with van der Waals surface area (Å²) in [5, 5.41) is 7.97. The number of carbonyl (C=O) groups excluding carboxylic acids is 1. The molecule has 2 aromatic carbocycles. The molecule has 2 heterocycles. The number of hydrogen-bond acceptors (Lipinski definition) is 3. The smallest absolute Gasteiger partial charge is 0.234 e. The van der Waals surface area contributed by atoms with Crippen molar-refractivity contribution in [2.45, 2.75) is 13.0 Å². The highest BCUT2D eigenvalue weighted by Gasteiger charge is 2.17. The molecule has 1 aliphatic rings. The summed E-state index contributed by atoms with van der Waals surface area (Å²) in [7, 11) is 0. The van der Waals surface area contributed by atoms with E-state index in [0.29, 0.717) is 24.7 Å². The quantitative estimate of drug-likeness (QED) is 0.649. The van der Waals surface area contributed by atoms with Crippen molar-refractivity contribution in [1.29, 1.82) is 0 Å². The molecule has 1 aromatic heterocycles. The van der Waals surface area contributed by atoms with Gasteiger partial charge < -0.3 is 5.32 Å². The average molecular weight is 425 g/mol. The number of rotatable bonds is 6. The van der Waals surface area contributed by atoms with Crippen molar-refractivity contribution in [3.63, 3.8) is 0 Å². The number of aromatic nitrogens is 2. The Morgan fingerprint density at radius 3 is 2.70 bits per heavy atom. The van der Waals surface area contributed by atoms with Crippen molar-refractivity contribution < 1.29 is 9.18 Å². The average Bonchev–Trinajstić information content (AvgIpc) is 3.24. The third-order valence-electron chi connectivity index (χ3n) is 5.14. The van der Waals surface area contributed by atoms with Crippen LogP contribution >= 0.6 is 11.6 Å². The van der Waals surface area contributed by atoms with Gasteiger partial charge in [0, 0.05) is 36.4 Å². The van der Waals surface area contributed by atoms with E-state index in [2.05, 4.69) is 21.4 Å². The molecule has 1 aliphatic heterocycles. The van der Waals surface area contributed by atoms with Gasteiger partial charge in [-0.3, -0.25) is 9.69 Å².